The average molecular weight is 322 g/mol. The molecular weight excluding hydrogens is 300 g/mol. The molecule has 0 amide bonds. The SMILES string of the molecule is Cc1ccc(CN2CCC(Nc3ccc4nc(C)nn4n3)C2)cc1. The third-order valence-electron chi connectivity index (χ3n) is 4.46. The Hall–Kier alpha value is -2.47. The van der Waals surface area contributed by atoms with Gasteiger partial charge in [0.2, 0.25) is 0 Å². The number of rotatable bonds is 4. The van der Waals surface area contributed by atoms with Gasteiger partial charge in [0.25, 0.3) is 0 Å². The van der Waals surface area contributed by atoms with E-state index in [1.165, 1.54) is 11.1 Å². The van der Waals surface area contributed by atoms with Crippen molar-refractivity contribution in [3.8, 4) is 0 Å². The van der Waals surface area contributed by atoms with Crippen LogP contribution >= 0.6 is 0 Å². The minimum Gasteiger partial charge on any atom is -0.365 e. The number of hydrogen-bond donors (Lipinski definition) is 1. The van der Waals surface area contributed by atoms with Crippen LogP contribution in [0.4, 0.5) is 5.82 Å². The second-order valence-electron chi connectivity index (χ2n) is 6.58. The van der Waals surface area contributed by atoms with Gasteiger partial charge < -0.3 is 5.32 Å². The fraction of sp³-hybridized carbons (Fsp3) is 0.389. The molecule has 1 saturated heterocycles. The van der Waals surface area contributed by atoms with Crippen LogP contribution in [0.3, 0.4) is 0 Å². The van der Waals surface area contributed by atoms with E-state index in [1.807, 2.05) is 19.1 Å². The van der Waals surface area contributed by atoms with Crippen molar-refractivity contribution in [2.24, 2.45) is 0 Å². The summed E-state index contributed by atoms with van der Waals surface area (Å²) in [5.74, 6) is 1.60. The van der Waals surface area contributed by atoms with E-state index < -0.39 is 0 Å². The Kier molecular flexibility index (Phi) is 3.90. The van der Waals surface area contributed by atoms with Gasteiger partial charge >= 0.3 is 0 Å². The largest absolute Gasteiger partial charge is 0.365 e. The number of benzene rings is 1. The van der Waals surface area contributed by atoms with Crippen molar-refractivity contribution in [1.29, 1.82) is 0 Å². The molecule has 24 heavy (non-hydrogen) atoms. The van der Waals surface area contributed by atoms with Gasteiger partial charge in [-0.1, -0.05) is 29.8 Å². The van der Waals surface area contributed by atoms with Crippen LogP contribution < -0.4 is 5.32 Å². The molecule has 4 rings (SSSR count). The van der Waals surface area contributed by atoms with E-state index in [0.29, 0.717) is 6.04 Å². The van der Waals surface area contributed by atoms with Crippen molar-refractivity contribution in [2.75, 3.05) is 18.4 Å². The Morgan fingerprint density at radius 3 is 2.75 bits per heavy atom. The van der Waals surface area contributed by atoms with Crippen molar-refractivity contribution in [3.63, 3.8) is 0 Å². The molecule has 1 atom stereocenters. The molecule has 1 aromatic carbocycles. The molecule has 124 valence electrons. The first-order chi connectivity index (χ1) is 11.7. The summed E-state index contributed by atoms with van der Waals surface area (Å²) in [6, 6.07) is 13.2. The van der Waals surface area contributed by atoms with Crippen molar-refractivity contribution in [3.05, 3.63) is 53.3 Å². The summed E-state index contributed by atoms with van der Waals surface area (Å²) in [5, 5.41) is 12.3. The quantitative estimate of drug-likeness (QED) is 0.799. The maximum Gasteiger partial charge on any atom is 0.176 e. The number of nitrogens with zero attached hydrogens (tertiary/aromatic N) is 5. The molecule has 0 bridgehead atoms. The lowest BCUT2D eigenvalue weighted by atomic mass is 10.1. The lowest BCUT2D eigenvalue weighted by Gasteiger charge is -2.17. The van der Waals surface area contributed by atoms with E-state index in [9.17, 15) is 0 Å². The van der Waals surface area contributed by atoms with Crippen LogP contribution in [0.15, 0.2) is 36.4 Å². The zero-order valence-corrected chi connectivity index (χ0v) is 14.1. The van der Waals surface area contributed by atoms with Gasteiger partial charge in [-0.15, -0.1) is 14.8 Å². The van der Waals surface area contributed by atoms with Crippen LogP contribution in [0.5, 0.6) is 0 Å². The molecule has 0 spiro atoms. The first kappa shape index (κ1) is 15.1. The van der Waals surface area contributed by atoms with Crippen LogP contribution in [0.25, 0.3) is 5.65 Å². The van der Waals surface area contributed by atoms with E-state index >= 15 is 0 Å². The van der Waals surface area contributed by atoms with Gasteiger partial charge in [-0.25, -0.2) is 4.98 Å². The van der Waals surface area contributed by atoms with Crippen LogP contribution in [0.1, 0.15) is 23.4 Å². The van der Waals surface area contributed by atoms with Crippen molar-refractivity contribution in [1.82, 2.24) is 24.7 Å². The van der Waals surface area contributed by atoms with Crippen LogP contribution in [-0.4, -0.2) is 43.8 Å². The zero-order valence-electron chi connectivity index (χ0n) is 14.1. The van der Waals surface area contributed by atoms with E-state index in [4.69, 9.17) is 0 Å². The first-order valence-electron chi connectivity index (χ1n) is 8.41. The predicted molar refractivity (Wildman–Crippen MR) is 94.0 cm³/mol. The highest BCUT2D eigenvalue weighted by atomic mass is 15.5. The number of nitrogens with one attached hydrogen (secondary N) is 1. The normalized spacial score (nSPS) is 18.3. The minimum atomic E-state index is 0.421. The van der Waals surface area contributed by atoms with Gasteiger partial charge in [0, 0.05) is 25.7 Å². The summed E-state index contributed by atoms with van der Waals surface area (Å²) in [7, 11) is 0. The van der Waals surface area contributed by atoms with Crippen molar-refractivity contribution >= 4 is 11.5 Å². The number of fused-ring (bicyclic) bond motifs is 1. The monoisotopic (exact) mass is 322 g/mol. The van der Waals surface area contributed by atoms with Crippen LogP contribution in [-0.2, 0) is 6.54 Å². The summed E-state index contributed by atoms with van der Waals surface area (Å²) in [4.78, 5) is 6.79. The summed E-state index contributed by atoms with van der Waals surface area (Å²) < 4.78 is 1.59. The molecule has 1 aliphatic heterocycles. The van der Waals surface area contributed by atoms with Crippen LogP contribution in [0.2, 0.25) is 0 Å². The smallest absolute Gasteiger partial charge is 0.176 e. The number of hydrogen-bond acceptors (Lipinski definition) is 5. The highest BCUT2D eigenvalue weighted by molar-refractivity contribution is 5.44. The fourth-order valence-corrected chi connectivity index (χ4v) is 3.22. The van der Waals surface area contributed by atoms with Crippen LogP contribution in [0, 0.1) is 13.8 Å². The van der Waals surface area contributed by atoms with E-state index in [1.54, 1.807) is 4.63 Å². The summed E-state index contributed by atoms with van der Waals surface area (Å²) in [5.41, 5.74) is 3.47. The summed E-state index contributed by atoms with van der Waals surface area (Å²) in [6.45, 7) is 7.15. The van der Waals surface area contributed by atoms with E-state index in [0.717, 1.165) is 43.3 Å². The van der Waals surface area contributed by atoms with Gasteiger partial charge in [-0.3, -0.25) is 4.90 Å². The fourth-order valence-electron chi connectivity index (χ4n) is 3.22. The number of aromatic nitrogens is 4. The average Bonchev–Trinajstić information content (AvgIpc) is 3.14. The number of anilines is 1. The Bertz CT molecular complexity index is 838. The Morgan fingerprint density at radius 1 is 1.08 bits per heavy atom. The molecule has 6 heteroatoms. The molecule has 3 heterocycles. The van der Waals surface area contributed by atoms with Gasteiger partial charge in [-0.2, -0.15) is 0 Å². The molecule has 1 N–H and O–H groups in total. The number of aryl methyl sites for hydroxylation is 2. The molecule has 2 aromatic heterocycles. The first-order valence-corrected chi connectivity index (χ1v) is 8.41. The van der Waals surface area contributed by atoms with Gasteiger partial charge in [-0.05, 0) is 38.0 Å². The van der Waals surface area contributed by atoms with Gasteiger partial charge in [0.1, 0.15) is 11.6 Å². The molecule has 1 unspecified atom stereocenters. The Morgan fingerprint density at radius 2 is 1.92 bits per heavy atom. The third-order valence-corrected chi connectivity index (χ3v) is 4.46. The summed E-state index contributed by atoms with van der Waals surface area (Å²) in [6.07, 6.45) is 1.13. The second kappa shape index (κ2) is 6.20. The van der Waals surface area contributed by atoms with Gasteiger partial charge in [0.05, 0.1) is 0 Å². The maximum absolute atomic E-state index is 4.49. The third kappa shape index (κ3) is 3.23. The molecule has 0 aliphatic carbocycles. The zero-order chi connectivity index (χ0) is 16.5. The highest BCUT2D eigenvalue weighted by Gasteiger charge is 2.22. The molecule has 3 aromatic rings. The van der Waals surface area contributed by atoms with E-state index in [2.05, 4.69) is 56.6 Å². The van der Waals surface area contributed by atoms with Crippen molar-refractivity contribution in [2.45, 2.75) is 32.9 Å². The Balaban J connectivity index is 1.38. The standard InChI is InChI=1S/C18H22N6/c1-13-3-5-15(6-4-13)11-23-10-9-16(12-23)20-17-7-8-18-19-14(2)21-24(18)22-17/h3-8,16H,9-12H2,1-2H3,(H,20,22). The molecule has 0 saturated carbocycles. The number of likely N-dealkylation sites (tertiary alicyclic amines) is 1. The lowest BCUT2D eigenvalue weighted by molar-refractivity contribution is 0.328. The molecular formula is C18H22N6. The highest BCUT2D eigenvalue weighted by Crippen LogP contribution is 2.17. The lowest BCUT2D eigenvalue weighted by Crippen LogP contribution is -2.26. The van der Waals surface area contributed by atoms with E-state index in [-0.39, 0.29) is 0 Å². The van der Waals surface area contributed by atoms with Crippen molar-refractivity contribution < 1.29 is 0 Å². The molecule has 1 aliphatic rings. The summed E-state index contributed by atoms with van der Waals surface area (Å²) >= 11 is 0. The van der Waals surface area contributed by atoms with Gasteiger partial charge in [0.15, 0.2) is 5.65 Å². The molecule has 6 nitrogen and oxygen atoms in total. The maximum atomic E-state index is 4.49. The Labute approximate surface area is 141 Å². The molecule has 0 radical (unpaired) electrons. The topological polar surface area (TPSA) is 58.3 Å². The predicted octanol–water partition coefficient (Wildman–Crippen LogP) is 2.43. The minimum absolute atomic E-state index is 0.421. The molecule has 1 fully saturated rings. The second-order valence-corrected chi connectivity index (χ2v) is 6.58.